The number of anilines is 1. The van der Waals surface area contributed by atoms with Crippen LogP contribution >= 0.6 is 11.8 Å². The highest BCUT2D eigenvalue weighted by Gasteiger charge is 2.39. The zero-order valence-corrected chi connectivity index (χ0v) is 16.4. The molecule has 0 fully saturated rings. The maximum atomic E-state index is 12.8. The molecule has 2 heterocycles. The summed E-state index contributed by atoms with van der Waals surface area (Å²) in [7, 11) is 0. The minimum Gasteiger partial charge on any atom is -0.328 e. The number of nitro groups is 1. The summed E-state index contributed by atoms with van der Waals surface area (Å²) < 4.78 is 1.64. The van der Waals surface area contributed by atoms with Crippen LogP contribution in [0.1, 0.15) is 50.6 Å². The second kappa shape index (κ2) is 7.75. The van der Waals surface area contributed by atoms with Crippen LogP contribution in [0.5, 0.6) is 0 Å². The largest absolute Gasteiger partial charge is 0.328 e. The number of fused-ring (bicyclic) bond motifs is 1. The summed E-state index contributed by atoms with van der Waals surface area (Å²) in [6.45, 7) is 2.13. The Hall–Kier alpha value is -2.68. The topological polar surface area (TPSA) is 103 Å². The van der Waals surface area contributed by atoms with Gasteiger partial charge in [-0.25, -0.2) is 4.68 Å². The molecule has 1 aliphatic carbocycles. The lowest BCUT2D eigenvalue weighted by Gasteiger charge is -2.31. The number of allylic oxidation sites excluding steroid dienone is 2. The van der Waals surface area contributed by atoms with Gasteiger partial charge in [-0.05, 0) is 25.3 Å². The lowest BCUT2D eigenvalue weighted by Crippen LogP contribution is -2.31. The molecule has 0 amide bonds. The number of Topliss-reactive ketones (excluding diaryl/α,β-unsaturated/α-hetero) is 1. The van der Waals surface area contributed by atoms with Crippen LogP contribution in [0.25, 0.3) is 0 Å². The van der Waals surface area contributed by atoms with Gasteiger partial charge in [-0.1, -0.05) is 37.2 Å². The molecule has 4 rings (SSSR count). The van der Waals surface area contributed by atoms with Gasteiger partial charge >= 0.3 is 0 Å². The molecular formula is C19H21N5O3S. The number of para-hydroxylation sites is 1. The Balaban J connectivity index is 1.83. The Kier molecular flexibility index (Phi) is 5.17. The zero-order valence-electron chi connectivity index (χ0n) is 15.6. The maximum absolute atomic E-state index is 12.8. The molecule has 0 saturated heterocycles. The van der Waals surface area contributed by atoms with E-state index in [2.05, 4.69) is 22.3 Å². The number of carbonyl (C=O) groups excluding carboxylic acids is 1. The molecule has 1 N–H and O–H groups in total. The molecule has 1 aliphatic heterocycles. The molecule has 0 unspecified atom stereocenters. The van der Waals surface area contributed by atoms with Crippen molar-refractivity contribution in [2.45, 2.75) is 50.2 Å². The van der Waals surface area contributed by atoms with Gasteiger partial charge in [0, 0.05) is 29.5 Å². The van der Waals surface area contributed by atoms with Crippen molar-refractivity contribution in [1.29, 1.82) is 0 Å². The molecule has 0 spiro atoms. The summed E-state index contributed by atoms with van der Waals surface area (Å²) in [4.78, 5) is 28.6. The van der Waals surface area contributed by atoms with Crippen molar-refractivity contribution >= 4 is 29.2 Å². The van der Waals surface area contributed by atoms with Crippen LogP contribution in [0.15, 0.2) is 40.7 Å². The van der Waals surface area contributed by atoms with Gasteiger partial charge in [0.25, 0.3) is 5.69 Å². The lowest BCUT2D eigenvalue weighted by molar-refractivity contribution is -0.385. The number of benzene rings is 1. The number of nitro benzene ring substituents is 1. The first-order chi connectivity index (χ1) is 13.6. The van der Waals surface area contributed by atoms with Gasteiger partial charge in [-0.15, -0.1) is 5.10 Å². The molecule has 2 aromatic rings. The minimum atomic E-state index is -0.631. The maximum Gasteiger partial charge on any atom is 0.275 e. The Morgan fingerprint density at radius 2 is 2.18 bits per heavy atom. The average molecular weight is 399 g/mol. The van der Waals surface area contributed by atoms with E-state index in [1.165, 1.54) is 6.07 Å². The number of nitrogens with zero attached hydrogens (tertiary/aromatic N) is 4. The van der Waals surface area contributed by atoms with E-state index in [1.54, 1.807) is 34.6 Å². The third-order valence-corrected chi connectivity index (χ3v) is 5.93. The van der Waals surface area contributed by atoms with Crippen LogP contribution in [-0.4, -0.2) is 31.2 Å². The molecule has 2 aliphatic rings. The van der Waals surface area contributed by atoms with E-state index in [1.807, 2.05) is 0 Å². The molecule has 1 aromatic heterocycles. The number of unbranched alkanes of at least 4 members (excludes halogenated alkanes) is 1. The number of hydrogen-bond acceptors (Lipinski definition) is 7. The molecule has 1 atom stereocenters. The van der Waals surface area contributed by atoms with Crippen LogP contribution in [0, 0.1) is 10.1 Å². The summed E-state index contributed by atoms with van der Waals surface area (Å²) in [6, 6.07) is 5.93. The Morgan fingerprint density at radius 3 is 2.96 bits per heavy atom. The van der Waals surface area contributed by atoms with Crippen LogP contribution in [0.3, 0.4) is 0 Å². The van der Waals surface area contributed by atoms with Gasteiger partial charge in [0.1, 0.15) is 6.04 Å². The van der Waals surface area contributed by atoms with E-state index in [4.69, 9.17) is 0 Å². The fourth-order valence-corrected chi connectivity index (χ4v) is 4.59. The molecule has 8 nitrogen and oxygen atoms in total. The Labute approximate surface area is 166 Å². The fourth-order valence-electron chi connectivity index (χ4n) is 3.68. The van der Waals surface area contributed by atoms with E-state index in [9.17, 15) is 14.9 Å². The van der Waals surface area contributed by atoms with Crippen molar-refractivity contribution in [2.75, 3.05) is 11.1 Å². The molecule has 0 saturated carbocycles. The van der Waals surface area contributed by atoms with Crippen molar-refractivity contribution < 1.29 is 9.72 Å². The first-order valence-corrected chi connectivity index (χ1v) is 10.4. The van der Waals surface area contributed by atoms with Gasteiger partial charge in [0.2, 0.25) is 11.1 Å². The second-order valence-corrected chi connectivity index (χ2v) is 7.94. The van der Waals surface area contributed by atoms with Crippen molar-refractivity contribution in [1.82, 2.24) is 14.8 Å². The van der Waals surface area contributed by atoms with Gasteiger partial charge in [0.05, 0.1) is 10.5 Å². The SMILES string of the molecule is CCCCSc1nc2n(n1)[C@H](c1ccccc1[N+](=O)[O-])C1=C(CCCC1=O)N2. The number of hydrogen-bond donors (Lipinski definition) is 1. The van der Waals surface area contributed by atoms with Gasteiger partial charge in [-0.2, -0.15) is 4.98 Å². The summed E-state index contributed by atoms with van der Waals surface area (Å²) in [5.41, 5.74) is 1.83. The van der Waals surface area contributed by atoms with E-state index < -0.39 is 11.0 Å². The lowest BCUT2D eigenvalue weighted by atomic mass is 9.85. The summed E-state index contributed by atoms with van der Waals surface area (Å²) >= 11 is 1.56. The highest BCUT2D eigenvalue weighted by Crippen LogP contribution is 2.42. The second-order valence-electron chi connectivity index (χ2n) is 6.88. The molecule has 9 heteroatoms. The summed E-state index contributed by atoms with van der Waals surface area (Å²) in [5.74, 6) is 1.45. The molecule has 0 radical (unpaired) electrons. The monoisotopic (exact) mass is 399 g/mol. The van der Waals surface area contributed by atoms with Crippen molar-refractivity contribution in [3.8, 4) is 0 Å². The molecule has 146 valence electrons. The highest BCUT2D eigenvalue weighted by atomic mass is 32.2. The van der Waals surface area contributed by atoms with E-state index in [0.29, 0.717) is 28.7 Å². The summed E-state index contributed by atoms with van der Waals surface area (Å²) in [6.07, 6.45) is 4.08. The number of carbonyl (C=O) groups is 1. The summed E-state index contributed by atoms with van der Waals surface area (Å²) in [5, 5.41) is 20.1. The smallest absolute Gasteiger partial charge is 0.275 e. The van der Waals surface area contributed by atoms with Crippen molar-refractivity contribution in [3.05, 3.63) is 51.2 Å². The number of nitrogens with one attached hydrogen (secondary N) is 1. The van der Waals surface area contributed by atoms with Crippen LogP contribution in [-0.2, 0) is 4.79 Å². The predicted octanol–water partition coefficient (Wildman–Crippen LogP) is 4.10. The van der Waals surface area contributed by atoms with Crippen LogP contribution in [0.4, 0.5) is 11.6 Å². The molecule has 28 heavy (non-hydrogen) atoms. The highest BCUT2D eigenvalue weighted by molar-refractivity contribution is 7.99. The first kappa shape index (κ1) is 18.7. The van der Waals surface area contributed by atoms with E-state index in [0.717, 1.165) is 37.1 Å². The number of rotatable bonds is 6. The molecular weight excluding hydrogens is 378 g/mol. The minimum absolute atomic E-state index is 0.0123. The third-order valence-electron chi connectivity index (χ3n) is 5.01. The predicted molar refractivity (Wildman–Crippen MR) is 106 cm³/mol. The third kappa shape index (κ3) is 3.30. The molecule has 1 aromatic carbocycles. The van der Waals surface area contributed by atoms with E-state index >= 15 is 0 Å². The normalized spacial score (nSPS) is 18.5. The van der Waals surface area contributed by atoms with Gasteiger partial charge < -0.3 is 5.32 Å². The Morgan fingerprint density at radius 1 is 1.36 bits per heavy atom. The van der Waals surface area contributed by atoms with Crippen LogP contribution < -0.4 is 5.32 Å². The quantitative estimate of drug-likeness (QED) is 0.337. The Bertz CT molecular complexity index is 968. The average Bonchev–Trinajstić information content (AvgIpc) is 3.09. The van der Waals surface area contributed by atoms with Crippen LogP contribution in [0.2, 0.25) is 0 Å². The zero-order chi connectivity index (χ0) is 19.7. The number of aromatic nitrogens is 3. The van der Waals surface area contributed by atoms with Crippen molar-refractivity contribution in [3.63, 3.8) is 0 Å². The van der Waals surface area contributed by atoms with Gasteiger partial charge in [-0.3, -0.25) is 14.9 Å². The first-order valence-electron chi connectivity index (χ1n) is 9.46. The van der Waals surface area contributed by atoms with Crippen molar-refractivity contribution in [2.24, 2.45) is 0 Å². The number of thioether (sulfide) groups is 1. The van der Waals surface area contributed by atoms with Gasteiger partial charge in [0.15, 0.2) is 5.78 Å². The standard InChI is InChI=1S/C19H21N5O3S/c1-2-3-11-28-19-21-18-20-13-8-6-10-15(25)16(13)17(23(18)22-19)12-7-4-5-9-14(12)24(26)27/h4-5,7,9,17H,2-3,6,8,10-11H2,1H3,(H,20,21,22)/t17-/m1/s1. The van der Waals surface area contributed by atoms with E-state index in [-0.39, 0.29) is 11.5 Å². The molecule has 0 bridgehead atoms. The fraction of sp³-hybridized carbons (Fsp3) is 0.421. The number of ketones is 1.